The van der Waals surface area contributed by atoms with E-state index in [9.17, 15) is 9.59 Å². The maximum absolute atomic E-state index is 13.0. The van der Waals surface area contributed by atoms with Crippen LogP contribution >= 0.6 is 0 Å². The van der Waals surface area contributed by atoms with Gasteiger partial charge in [-0.25, -0.2) is 10.3 Å². The van der Waals surface area contributed by atoms with Gasteiger partial charge in [0.1, 0.15) is 11.4 Å². The number of ether oxygens (including phenoxy) is 2. The first kappa shape index (κ1) is 22.1. The molecule has 2 aromatic carbocycles. The van der Waals surface area contributed by atoms with Gasteiger partial charge in [-0.2, -0.15) is 0 Å². The molecular weight excluding hydrogens is 420 g/mol. The fourth-order valence-corrected chi connectivity index (χ4v) is 4.86. The minimum Gasteiger partial charge on any atom is -0.486 e. The molecule has 0 saturated carbocycles. The van der Waals surface area contributed by atoms with Crippen LogP contribution in [-0.2, 0) is 16.1 Å². The van der Waals surface area contributed by atoms with Gasteiger partial charge in [-0.3, -0.25) is 14.5 Å². The Kier molecular flexibility index (Phi) is 6.44. The lowest BCUT2D eigenvalue weighted by Gasteiger charge is -2.44. The van der Waals surface area contributed by atoms with Crippen molar-refractivity contribution in [3.05, 3.63) is 65.2 Å². The molecular formula is C26H30N2O5. The minimum absolute atomic E-state index is 0.0268. The zero-order valence-electron chi connectivity index (χ0n) is 18.8. The van der Waals surface area contributed by atoms with E-state index >= 15 is 0 Å². The molecule has 0 radical (unpaired) electrons. The monoisotopic (exact) mass is 450 g/mol. The van der Waals surface area contributed by atoms with Crippen LogP contribution in [0.15, 0.2) is 48.5 Å². The number of hydrogen-bond acceptors (Lipinski definition) is 6. The molecule has 3 aliphatic rings. The summed E-state index contributed by atoms with van der Waals surface area (Å²) in [6, 6.07) is 15.4. The number of Topliss-reactive ketones (excluding diaryl/α,β-unsaturated/α-hetero) is 1. The third-order valence-electron chi connectivity index (χ3n) is 6.79. The van der Waals surface area contributed by atoms with Gasteiger partial charge in [0, 0.05) is 51.1 Å². The number of hydrogen-bond donors (Lipinski definition) is 1. The van der Waals surface area contributed by atoms with Crippen molar-refractivity contribution in [3.63, 3.8) is 0 Å². The maximum atomic E-state index is 13.0. The van der Waals surface area contributed by atoms with Gasteiger partial charge in [-0.1, -0.05) is 30.3 Å². The molecule has 2 aromatic rings. The predicted octanol–water partition coefficient (Wildman–Crippen LogP) is 3.87. The lowest BCUT2D eigenvalue weighted by atomic mass is 9.82. The van der Waals surface area contributed by atoms with E-state index in [0.717, 1.165) is 51.7 Å². The largest absolute Gasteiger partial charge is 0.486 e. The maximum Gasteiger partial charge on any atom is 0.274 e. The van der Waals surface area contributed by atoms with Gasteiger partial charge in [0.05, 0.1) is 12.0 Å². The van der Waals surface area contributed by atoms with Crippen molar-refractivity contribution in [3.8, 4) is 5.75 Å². The van der Waals surface area contributed by atoms with E-state index in [-0.39, 0.29) is 5.78 Å². The Morgan fingerprint density at radius 1 is 1.12 bits per heavy atom. The topological polar surface area (TPSA) is 77.1 Å². The average Bonchev–Trinajstić information content (AvgIpc) is 2.85. The summed E-state index contributed by atoms with van der Waals surface area (Å²) in [7, 11) is 0. The number of benzene rings is 2. The van der Waals surface area contributed by atoms with Gasteiger partial charge >= 0.3 is 0 Å². The first-order chi connectivity index (χ1) is 16.1. The smallest absolute Gasteiger partial charge is 0.274 e. The summed E-state index contributed by atoms with van der Waals surface area (Å²) in [4.78, 5) is 33.3. The van der Waals surface area contributed by atoms with Crippen LogP contribution in [0.25, 0.3) is 0 Å². The Hall–Kier alpha value is -2.74. The molecule has 0 aromatic heterocycles. The highest BCUT2D eigenvalue weighted by molar-refractivity contribution is 6.03. The van der Waals surface area contributed by atoms with Crippen molar-refractivity contribution in [1.82, 2.24) is 10.4 Å². The minimum atomic E-state index is -0.456. The summed E-state index contributed by atoms with van der Waals surface area (Å²) < 4.78 is 11.9. The predicted molar refractivity (Wildman–Crippen MR) is 122 cm³/mol. The van der Waals surface area contributed by atoms with Crippen molar-refractivity contribution in [2.24, 2.45) is 0 Å². The van der Waals surface area contributed by atoms with Gasteiger partial charge < -0.3 is 9.47 Å². The number of fused-ring (bicyclic) bond motifs is 1. The van der Waals surface area contributed by atoms with E-state index in [0.29, 0.717) is 29.9 Å². The number of carbonyl (C=O) groups is 2. The lowest BCUT2D eigenvalue weighted by molar-refractivity contribution is -0.186. The molecule has 1 spiro atoms. The van der Waals surface area contributed by atoms with Gasteiger partial charge in [0.25, 0.3) is 5.91 Å². The molecule has 0 aliphatic carbocycles. The third-order valence-corrected chi connectivity index (χ3v) is 6.79. The van der Waals surface area contributed by atoms with Crippen LogP contribution in [0.1, 0.15) is 64.8 Å². The van der Waals surface area contributed by atoms with Crippen LogP contribution in [0.3, 0.4) is 0 Å². The Morgan fingerprint density at radius 2 is 1.94 bits per heavy atom. The van der Waals surface area contributed by atoms with Crippen LogP contribution in [0, 0.1) is 0 Å². The number of nitrogens with zero attached hydrogens (tertiary/aromatic N) is 1. The molecule has 1 unspecified atom stereocenters. The molecule has 1 N–H and O–H groups in total. The molecule has 3 aliphatic heterocycles. The summed E-state index contributed by atoms with van der Waals surface area (Å²) in [6.45, 7) is 3.32. The quantitative estimate of drug-likeness (QED) is 0.697. The molecule has 33 heavy (non-hydrogen) atoms. The Balaban J connectivity index is 1.20. The molecule has 2 fully saturated rings. The second-order valence-corrected chi connectivity index (χ2v) is 9.20. The number of rotatable bonds is 5. The summed E-state index contributed by atoms with van der Waals surface area (Å²) in [6.07, 6.45) is 4.31. The molecule has 3 heterocycles. The van der Waals surface area contributed by atoms with E-state index < -0.39 is 17.8 Å². The Bertz CT molecular complexity index is 995. The summed E-state index contributed by atoms with van der Waals surface area (Å²) in [5, 5.41) is 0. The fourth-order valence-electron chi connectivity index (χ4n) is 4.86. The molecule has 7 heteroatoms. The molecule has 1 amide bonds. The molecule has 0 bridgehead atoms. The van der Waals surface area contributed by atoms with Gasteiger partial charge in [-0.05, 0) is 36.6 Å². The highest BCUT2D eigenvalue weighted by Gasteiger charge is 2.43. The average molecular weight is 451 g/mol. The molecule has 1 atom stereocenters. The number of piperidine rings is 1. The molecule has 7 nitrogen and oxygen atoms in total. The van der Waals surface area contributed by atoms with Crippen molar-refractivity contribution >= 4 is 11.7 Å². The molecule has 5 rings (SSSR count). The van der Waals surface area contributed by atoms with Gasteiger partial charge in [-0.15, -0.1) is 0 Å². The molecule has 174 valence electrons. The second-order valence-electron chi connectivity index (χ2n) is 9.20. The SMILES string of the molecule is O=C(NOC1CCCCO1)c1ccc2c(c1)C(=O)CC1(CCN(Cc3ccccc3)CC1)O2. The normalized spacial score (nSPS) is 22.4. The second kappa shape index (κ2) is 9.63. The number of carbonyl (C=O) groups excluding carboxylic acids is 2. The number of amides is 1. The van der Waals surface area contributed by atoms with Crippen LogP contribution in [-0.4, -0.2) is 48.2 Å². The van der Waals surface area contributed by atoms with Crippen LogP contribution in [0.4, 0.5) is 0 Å². The van der Waals surface area contributed by atoms with Crippen LogP contribution in [0.2, 0.25) is 0 Å². The van der Waals surface area contributed by atoms with E-state index in [4.69, 9.17) is 14.3 Å². The summed E-state index contributed by atoms with van der Waals surface area (Å²) >= 11 is 0. The van der Waals surface area contributed by atoms with Crippen molar-refractivity contribution in [2.45, 2.75) is 57.0 Å². The zero-order valence-corrected chi connectivity index (χ0v) is 18.8. The highest BCUT2D eigenvalue weighted by Crippen LogP contribution is 2.40. The number of nitrogens with one attached hydrogen (secondary N) is 1. The lowest BCUT2D eigenvalue weighted by Crippen LogP contribution is -2.50. The Morgan fingerprint density at radius 3 is 2.70 bits per heavy atom. The van der Waals surface area contributed by atoms with Gasteiger partial charge in [0.2, 0.25) is 0 Å². The standard InChI is InChI=1S/C26H30N2O5/c29-22-17-26(11-13-28(14-12-26)18-19-6-2-1-3-7-19)32-23-10-9-20(16-21(22)23)25(30)27-33-24-8-4-5-15-31-24/h1-3,6-7,9-10,16,24H,4-5,8,11-15,17-18H2,(H,27,30). The number of ketones is 1. The summed E-state index contributed by atoms with van der Waals surface area (Å²) in [5.74, 6) is 0.198. The van der Waals surface area contributed by atoms with E-state index in [1.807, 2.05) is 6.07 Å². The van der Waals surface area contributed by atoms with Gasteiger partial charge in [0.15, 0.2) is 12.1 Å². The first-order valence-corrected chi connectivity index (χ1v) is 11.8. The first-order valence-electron chi connectivity index (χ1n) is 11.8. The summed E-state index contributed by atoms with van der Waals surface area (Å²) in [5.41, 5.74) is 4.13. The van der Waals surface area contributed by atoms with E-state index in [1.54, 1.807) is 18.2 Å². The molecule has 2 saturated heterocycles. The fraction of sp³-hybridized carbons (Fsp3) is 0.462. The van der Waals surface area contributed by atoms with E-state index in [1.165, 1.54) is 5.56 Å². The van der Waals surface area contributed by atoms with Crippen molar-refractivity contribution in [2.75, 3.05) is 19.7 Å². The van der Waals surface area contributed by atoms with Crippen LogP contribution < -0.4 is 10.2 Å². The highest BCUT2D eigenvalue weighted by atomic mass is 16.8. The van der Waals surface area contributed by atoms with E-state index in [2.05, 4.69) is 34.6 Å². The third kappa shape index (κ3) is 5.11. The van der Waals surface area contributed by atoms with Crippen LogP contribution in [0.5, 0.6) is 5.75 Å². The zero-order chi connectivity index (χ0) is 22.7. The van der Waals surface area contributed by atoms with Crippen molar-refractivity contribution in [1.29, 1.82) is 0 Å². The number of hydroxylamine groups is 1. The van der Waals surface area contributed by atoms with Crippen molar-refractivity contribution < 1.29 is 23.9 Å². The number of likely N-dealkylation sites (tertiary alicyclic amines) is 1. The Labute approximate surface area is 194 Å².